The molecule has 3 aromatic rings. The first kappa shape index (κ1) is 19.1. The first-order valence-corrected chi connectivity index (χ1v) is 11.0. The number of benzene rings is 1. The predicted octanol–water partition coefficient (Wildman–Crippen LogP) is 4.57. The molecule has 148 valence electrons. The second kappa shape index (κ2) is 7.66. The highest BCUT2D eigenvalue weighted by molar-refractivity contribution is 7.26. The van der Waals surface area contributed by atoms with Gasteiger partial charge >= 0.3 is 0 Å². The number of aryl methyl sites for hydroxylation is 1. The van der Waals surface area contributed by atoms with Crippen molar-refractivity contribution in [3.63, 3.8) is 0 Å². The van der Waals surface area contributed by atoms with Gasteiger partial charge in [-0.25, -0.2) is 4.68 Å². The SMILES string of the molecule is CC[C@H](C(=O)N[C@H]1CCCC[C@H]1C)n1nc(C)c2sc3ccccc3c2c1=O. The lowest BCUT2D eigenvalue weighted by Crippen LogP contribution is -2.46. The van der Waals surface area contributed by atoms with Crippen molar-refractivity contribution in [1.82, 2.24) is 15.1 Å². The molecule has 3 atom stereocenters. The van der Waals surface area contributed by atoms with Crippen LogP contribution in [0.5, 0.6) is 0 Å². The number of hydrogen-bond donors (Lipinski definition) is 1. The standard InChI is InChI=1S/C22H27N3O2S/c1-4-17(21(26)23-16-11-7-5-9-13(16)2)25-22(27)19-15-10-6-8-12-18(15)28-20(19)14(3)24-25/h6,8,10,12-13,16-17H,4-5,7,9,11H2,1-3H3,(H,23,26)/t13-,16+,17-/m1/s1. The molecule has 2 heterocycles. The predicted molar refractivity (Wildman–Crippen MR) is 115 cm³/mol. The Morgan fingerprint density at radius 1 is 1.32 bits per heavy atom. The molecular formula is C22H27N3O2S. The number of hydrogen-bond acceptors (Lipinski definition) is 4. The van der Waals surface area contributed by atoms with Gasteiger partial charge in [0, 0.05) is 16.1 Å². The van der Waals surface area contributed by atoms with Crippen molar-refractivity contribution < 1.29 is 4.79 Å². The fourth-order valence-corrected chi connectivity index (χ4v) is 5.50. The molecule has 6 heteroatoms. The van der Waals surface area contributed by atoms with Crippen LogP contribution in [-0.4, -0.2) is 21.7 Å². The molecular weight excluding hydrogens is 370 g/mol. The van der Waals surface area contributed by atoms with Crippen LogP contribution in [0.1, 0.15) is 57.7 Å². The van der Waals surface area contributed by atoms with Gasteiger partial charge in [0.15, 0.2) is 0 Å². The summed E-state index contributed by atoms with van der Waals surface area (Å²) in [6.07, 6.45) is 5.07. The molecule has 28 heavy (non-hydrogen) atoms. The van der Waals surface area contributed by atoms with Crippen molar-refractivity contribution in [2.75, 3.05) is 0 Å². The van der Waals surface area contributed by atoms with Crippen molar-refractivity contribution in [2.24, 2.45) is 5.92 Å². The third-order valence-electron chi connectivity index (χ3n) is 6.03. The smallest absolute Gasteiger partial charge is 0.276 e. The molecule has 0 aliphatic heterocycles. The van der Waals surface area contributed by atoms with Crippen LogP contribution in [0, 0.1) is 12.8 Å². The number of thiophene rings is 1. The van der Waals surface area contributed by atoms with Crippen molar-refractivity contribution in [3.05, 3.63) is 40.3 Å². The van der Waals surface area contributed by atoms with Gasteiger partial charge < -0.3 is 5.32 Å². The highest BCUT2D eigenvalue weighted by Gasteiger charge is 2.28. The highest BCUT2D eigenvalue weighted by Crippen LogP contribution is 2.33. The maximum atomic E-state index is 13.3. The topological polar surface area (TPSA) is 64.0 Å². The van der Waals surface area contributed by atoms with Crippen LogP contribution < -0.4 is 10.9 Å². The minimum atomic E-state index is -0.580. The van der Waals surface area contributed by atoms with Gasteiger partial charge in [-0.15, -0.1) is 11.3 Å². The summed E-state index contributed by atoms with van der Waals surface area (Å²) in [5, 5.41) is 9.39. The summed E-state index contributed by atoms with van der Waals surface area (Å²) in [7, 11) is 0. The van der Waals surface area contributed by atoms with E-state index in [0.29, 0.717) is 17.7 Å². The summed E-state index contributed by atoms with van der Waals surface area (Å²) in [6.45, 7) is 6.05. The molecule has 1 fully saturated rings. The summed E-state index contributed by atoms with van der Waals surface area (Å²) >= 11 is 1.59. The fourth-order valence-electron chi connectivity index (χ4n) is 4.37. The Labute approximate surface area is 168 Å². The Bertz CT molecular complexity index is 1080. The van der Waals surface area contributed by atoms with E-state index in [1.54, 1.807) is 11.3 Å². The Balaban J connectivity index is 1.75. The summed E-state index contributed by atoms with van der Waals surface area (Å²) in [4.78, 5) is 26.4. The molecule has 0 bridgehead atoms. The molecule has 1 N–H and O–H groups in total. The van der Waals surface area contributed by atoms with Gasteiger partial charge in [0.05, 0.1) is 15.8 Å². The average Bonchev–Trinajstić information content (AvgIpc) is 3.08. The van der Waals surface area contributed by atoms with Crippen LogP contribution >= 0.6 is 11.3 Å². The van der Waals surface area contributed by atoms with Gasteiger partial charge in [-0.2, -0.15) is 5.10 Å². The van der Waals surface area contributed by atoms with Crippen LogP contribution in [0.4, 0.5) is 0 Å². The lowest BCUT2D eigenvalue weighted by atomic mass is 9.86. The quantitative estimate of drug-likeness (QED) is 0.702. The van der Waals surface area contributed by atoms with Gasteiger partial charge in [-0.3, -0.25) is 9.59 Å². The third-order valence-corrected chi connectivity index (χ3v) is 7.31. The molecule has 1 amide bonds. The monoisotopic (exact) mass is 397 g/mol. The molecule has 1 saturated carbocycles. The zero-order chi connectivity index (χ0) is 19.8. The summed E-state index contributed by atoms with van der Waals surface area (Å²) in [5.74, 6) is 0.388. The lowest BCUT2D eigenvalue weighted by molar-refractivity contribution is -0.126. The molecule has 2 aromatic heterocycles. The lowest BCUT2D eigenvalue weighted by Gasteiger charge is -2.31. The third kappa shape index (κ3) is 3.24. The molecule has 0 radical (unpaired) electrons. The molecule has 0 spiro atoms. The van der Waals surface area contributed by atoms with Crippen molar-refractivity contribution >= 4 is 37.4 Å². The number of rotatable bonds is 4. The first-order valence-electron chi connectivity index (χ1n) is 10.2. The Kier molecular flexibility index (Phi) is 5.23. The van der Waals surface area contributed by atoms with Crippen LogP contribution in [0.3, 0.4) is 0 Å². The van der Waals surface area contributed by atoms with Gasteiger partial charge in [0.2, 0.25) is 5.91 Å². The zero-order valence-electron chi connectivity index (χ0n) is 16.7. The largest absolute Gasteiger partial charge is 0.351 e. The van der Waals surface area contributed by atoms with E-state index in [1.807, 2.05) is 38.1 Å². The molecule has 0 unspecified atom stereocenters. The minimum Gasteiger partial charge on any atom is -0.351 e. The van der Waals surface area contributed by atoms with E-state index < -0.39 is 6.04 Å². The Morgan fingerprint density at radius 3 is 2.82 bits per heavy atom. The fraction of sp³-hybridized carbons (Fsp3) is 0.500. The molecule has 1 aliphatic rings. The minimum absolute atomic E-state index is 0.0888. The van der Waals surface area contributed by atoms with E-state index in [2.05, 4.69) is 17.3 Å². The van der Waals surface area contributed by atoms with E-state index in [9.17, 15) is 9.59 Å². The number of amides is 1. The molecule has 1 aliphatic carbocycles. The van der Waals surface area contributed by atoms with E-state index in [0.717, 1.165) is 39.7 Å². The Hall–Kier alpha value is -2.21. The molecule has 1 aromatic carbocycles. The first-order chi connectivity index (χ1) is 13.5. The molecule has 5 nitrogen and oxygen atoms in total. The normalized spacial score (nSPS) is 21.1. The van der Waals surface area contributed by atoms with E-state index >= 15 is 0 Å². The molecule has 4 rings (SSSR count). The van der Waals surface area contributed by atoms with Gasteiger partial charge in [0.25, 0.3) is 5.56 Å². The maximum Gasteiger partial charge on any atom is 0.276 e. The second-order valence-corrected chi connectivity index (χ2v) is 8.99. The van der Waals surface area contributed by atoms with E-state index in [1.165, 1.54) is 11.1 Å². The summed E-state index contributed by atoms with van der Waals surface area (Å²) in [6, 6.07) is 7.54. The highest BCUT2D eigenvalue weighted by atomic mass is 32.1. The number of carbonyl (C=O) groups excluding carboxylic acids is 1. The number of nitrogens with zero attached hydrogens (tertiary/aromatic N) is 2. The Morgan fingerprint density at radius 2 is 2.07 bits per heavy atom. The maximum absolute atomic E-state index is 13.3. The summed E-state index contributed by atoms with van der Waals surface area (Å²) in [5.41, 5.74) is 0.629. The summed E-state index contributed by atoms with van der Waals surface area (Å²) < 4.78 is 3.41. The van der Waals surface area contributed by atoms with E-state index in [4.69, 9.17) is 0 Å². The number of aromatic nitrogens is 2. The molecule has 0 saturated heterocycles. The van der Waals surface area contributed by atoms with Crippen LogP contribution in [0.2, 0.25) is 0 Å². The van der Waals surface area contributed by atoms with Crippen LogP contribution in [0.25, 0.3) is 20.2 Å². The van der Waals surface area contributed by atoms with Gasteiger partial charge in [-0.1, -0.05) is 44.9 Å². The van der Waals surface area contributed by atoms with Gasteiger partial charge in [-0.05, 0) is 38.2 Å². The van der Waals surface area contributed by atoms with Crippen molar-refractivity contribution in [1.29, 1.82) is 0 Å². The number of fused-ring (bicyclic) bond motifs is 3. The number of carbonyl (C=O) groups is 1. The van der Waals surface area contributed by atoms with Gasteiger partial charge in [0.1, 0.15) is 6.04 Å². The average molecular weight is 398 g/mol. The van der Waals surface area contributed by atoms with Crippen molar-refractivity contribution in [2.45, 2.75) is 65.0 Å². The van der Waals surface area contributed by atoms with Crippen molar-refractivity contribution in [3.8, 4) is 0 Å². The van der Waals surface area contributed by atoms with Crippen LogP contribution in [0.15, 0.2) is 29.1 Å². The van der Waals surface area contributed by atoms with E-state index in [-0.39, 0.29) is 17.5 Å². The second-order valence-electron chi connectivity index (χ2n) is 7.94. The van der Waals surface area contributed by atoms with Crippen LogP contribution in [-0.2, 0) is 4.79 Å². The zero-order valence-corrected chi connectivity index (χ0v) is 17.5. The number of nitrogens with one attached hydrogen (secondary N) is 1.